The Morgan fingerprint density at radius 1 is 1.42 bits per heavy atom. The zero-order valence-electron chi connectivity index (χ0n) is 11.2. The van der Waals surface area contributed by atoms with Gasteiger partial charge < -0.3 is 16.2 Å². The van der Waals surface area contributed by atoms with Crippen LogP contribution in [-0.2, 0) is 9.59 Å². The van der Waals surface area contributed by atoms with E-state index in [-0.39, 0.29) is 17.9 Å². The van der Waals surface area contributed by atoms with Crippen molar-refractivity contribution in [3.05, 3.63) is 0 Å². The Kier molecular flexibility index (Phi) is 4.73. The fraction of sp³-hybridized carbons (Fsp3) is 0.846. The summed E-state index contributed by atoms with van der Waals surface area (Å²) in [4.78, 5) is 23.4. The molecule has 2 saturated carbocycles. The number of carboxylic acids is 1. The molecule has 2 fully saturated rings. The number of carbonyl (C=O) groups is 2. The van der Waals surface area contributed by atoms with Crippen LogP contribution < -0.4 is 11.1 Å². The lowest BCUT2D eigenvalue weighted by Gasteiger charge is -2.28. The summed E-state index contributed by atoms with van der Waals surface area (Å²) in [5, 5.41) is 11.8. The van der Waals surface area contributed by atoms with Gasteiger partial charge in [0.25, 0.3) is 0 Å². The molecule has 4 N–H and O–H groups in total. The van der Waals surface area contributed by atoms with Gasteiger partial charge in [-0.1, -0.05) is 0 Å². The van der Waals surface area contributed by atoms with Gasteiger partial charge in [-0.05, 0) is 49.5 Å². The second-order valence-electron chi connectivity index (χ2n) is 5.62. The Bertz CT molecular complexity index is 362. The molecule has 2 rings (SSSR count). The molecule has 108 valence electrons. The Labute approximate surface area is 117 Å². The van der Waals surface area contributed by atoms with Crippen LogP contribution in [0.2, 0.25) is 0 Å². The van der Waals surface area contributed by atoms with Gasteiger partial charge in [0.2, 0.25) is 5.91 Å². The molecular weight excluding hydrogens is 264 g/mol. The Morgan fingerprint density at radius 2 is 2.11 bits per heavy atom. The van der Waals surface area contributed by atoms with E-state index in [4.69, 9.17) is 10.8 Å². The Hall–Kier alpha value is -0.750. The summed E-state index contributed by atoms with van der Waals surface area (Å²) in [6.45, 7) is 0. The van der Waals surface area contributed by atoms with E-state index in [0.29, 0.717) is 18.3 Å². The number of fused-ring (bicyclic) bond motifs is 2. The molecule has 0 aromatic rings. The highest BCUT2D eigenvalue weighted by Gasteiger charge is 2.49. The minimum Gasteiger partial charge on any atom is -0.480 e. The van der Waals surface area contributed by atoms with Gasteiger partial charge in [0.05, 0.1) is 5.92 Å². The molecule has 0 radical (unpaired) electrons. The van der Waals surface area contributed by atoms with E-state index in [9.17, 15) is 9.59 Å². The van der Waals surface area contributed by atoms with Gasteiger partial charge in [-0.15, -0.1) is 0 Å². The minimum absolute atomic E-state index is 0.0891. The van der Waals surface area contributed by atoms with Gasteiger partial charge in [-0.2, -0.15) is 11.8 Å². The second kappa shape index (κ2) is 6.13. The number of aliphatic carboxylic acids is 1. The van der Waals surface area contributed by atoms with Crippen LogP contribution in [0.3, 0.4) is 0 Å². The largest absolute Gasteiger partial charge is 0.480 e. The highest BCUT2D eigenvalue weighted by atomic mass is 32.2. The molecule has 0 aliphatic heterocycles. The molecule has 4 unspecified atom stereocenters. The van der Waals surface area contributed by atoms with E-state index < -0.39 is 12.0 Å². The smallest absolute Gasteiger partial charge is 0.326 e. The van der Waals surface area contributed by atoms with Gasteiger partial charge in [0, 0.05) is 6.04 Å². The van der Waals surface area contributed by atoms with E-state index in [1.54, 1.807) is 11.8 Å². The van der Waals surface area contributed by atoms with Crippen molar-refractivity contribution in [3.8, 4) is 0 Å². The lowest BCUT2D eigenvalue weighted by atomic mass is 9.84. The van der Waals surface area contributed by atoms with E-state index in [2.05, 4.69) is 5.32 Å². The molecule has 0 aromatic heterocycles. The van der Waals surface area contributed by atoms with Crippen LogP contribution >= 0.6 is 11.8 Å². The van der Waals surface area contributed by atoms with Gasteiger partial charge >= 0.3 is 5.97 Å². The first kappa shape index (κ1) is 14.7. The number of rotatable bonds is 6. The molecule has 0 heterocycles. The third kappa shape index (κ3) is 3.05. The van der Waals surface area contributed by atoms with Crippen molar-refractivity contribution in [2.45, 2.75) is 37.8 Å². The summed E-state index contributed by atoms with van der Waals surface area (Å²) in [5.74, 6) is 0.229. The van der Waals surface area contributed by atoms with Crippen molar-refractivity contribution in [2.75, 3.05) is 12.0 Å². The van der Waals surface area contributed by atoms with Crippen molar-refractivity contribution in [3.63, 3.8) is 0 Å². The lowest BCUT2D eigenvalue weighted by molar-refractivity contribution is -0.143. The summed E-state index contributed by atoms with van der Waals surface area (Å²) in [5.41, 5.74) is 6.10. The highest BCUT2D eigenvalue weighted by Crippen LogP contribution is 2.47. The van der Waals surface area contributed by atoms with Crippen LogP contribution in [0.1, 0.15) is 25.7 Å². The van der Waals surface area contributed by atoms with Crippen LogP contribution in [0.4, 0.5) is 0 Å². The zero-order valence-corrected chi connectivity index (χ0v) is 12.0. The number of carbonyl (C=O) groups excluding carboxylic acids is 1. The van der Waals surface area contributed by atoms with Crippen LogP contribution in [-0.4, -0.2) is 41.1 Å². The van der Waals surface area contributed by atoms with Crippen molar-refractivity contribution in [1.82, 2.24) is 5.32 Å². The normalized spacial score (nSPS) is 34.2. The monoisotopic (exact) mass is 286 g/mol. The van der Waals surface area contributed by atoms with Crippen LogP contribution in [0.25, 0.3) is 0 Å². The number of hydrogen-bond donors (Lipinski definition) is 3. The molecule has 6 heteroatoms. The standard InChI is InChI=1S/C13H22N2O3S/c1-19-5-4-9(13(17)18)15-12(16)10-7-2-3-8(6-7)11(10)14/h7-11H,2-6,14H2,1H3,(H,15,16)(H,17,18)/t7?,8?,9-,10?,11?/m0/s1. The fourth-order valence-corrected chi connectivity index (χ4v) is 3.96. The second-order valence-corrected chi connectivity index (χ2v) is 6.60. The first-order valence-corrected chi connectivity index (χ1v) is 8.21. The maximum atomic E-state index is 12.3. The van der Waals surface area contributed by atoms with Gasteiger partial charge in [0.1, 0.15) is 6.04 Å². The molecule has 0 saturated heterocycles. The summed E-state index contributed by atoms with van der Waals surface area (Å²) >= 11 is 1.58. The zero-order chi connectivity index (χ0) is 14.0. The Morgan fingerprint density at radius 3 is 2.63 bits per heavy atom. The highest BCUT2D eigenvalue weighted by molar-refractivity contribution is 7.98. The quantitative estimate of drug-likeness (QED) is 0.668. The summed E-state index contributed by atoms with van der Waals surface area (Å²) in [6.07, 6.45) is 5.58. The number of thioether (sulfide) groups is 1. The summed E-state index contributed by atoms with van der Waals surface area (Å²) in [6, 6.07) is -0.875. The molecule has 5 nitrogen and oxygen atoms in total. The molecule has 5 atom stereocenters. The van der Waals surface area contributed by atoms with E-state index in [0.717, 1.165) is 25.0 Å². The van der Waals surface area contributed by atoms with Gasteiger partial charge in [-0.3, -0.25) is 4.79 Å². The maximum absolute atomic E-state index is 12.3. The topological polar surface area (TPSA) is 92.4 Å². The third-order valence-electron chi connectivity index (χ3n) is 4.51. The van der Waals surface area contributed by atoms with E-state index >= 15 is 0 Å². The molecule has 2 aliphatic carbocycles. The van der Waals surface area contributed by atoms with Gasteiger partial charge in [-0.25, -0.2) is 4.79 Å². The molecule has 0 aromatic carbocycles. The number of nitrogens with two attached hydrogens (primary N) is 1. The first-order valence-electron chi connectivity index (χ1n) is 6.82. The number of carboxylic acid groups (broad SMARTS) is 1. The van der Waals surface area contributed by atoms with Crippen molar-refractivity contribution >= 4 is 23.6 Å². The van der Waals surface area contributed by atoms with E-state index in [1.807, 2.05) is 6.26 Å². The predicted octanol–water partition coefficient (Wildman–Crippen LogP) is 0.682. The number of hydrogen-bond acceptors (Lipinski definition) is 4. The Balaban J connectivity index is 1.94. The third-order valence-corrected chi connectivity index (χ3v) is 5.15. The lowest BCUT2D eigenvalue weighted by Crippen LogP contribution is -2.50. The SMILES string of the molecule is CSCC[C@H](NC(=O)C1C2CCC(C2)C1N)C(=O)O. The van der Waals surface area contributed by atoms with Crippen molar-refractivity contribution in [2.24, 2.45) is 23.5 Å². The summed E-state index contributed by atoms with van der Waals surface area (Å²) in [7, 11) is 0. The minimum atomic E-state index is -0.959. The summed E-state index contributed by atoms with van der Waals surface area (Å²) < 4.78 is 0. The molecule has 2 bridgehead atoms. The van der Waals surface area contributed by atoms with Gasteiger partial charge in [0.15, 0.2) is 0 Å². The van der Waals surface area contributed by atoms with Crippen molar-refractivity contribution < 1.29 is 14.7 Å². The fourth-order valence-electron chi connectivity index (χ4n) is 3.49. The van der Waals surface area contributed by atoms with E-state index in [1.165, 1.54) is 0 Å². The maximum Gasteiger partial charge on any atom is 0.326 e. The van der Waals surface area contributed by atoms with Crippen molar-refractivity contribution in [1.29, 1.82) is 0 Å². The molecular formula is C13H22N2O3S. The molecule has 1 amide bonds. The average Bonchev–Trinajstić information content (AvgIpc) is 2.94. The molecule has 19 heavy (non-hydrogen) atoms. The van der Waals surface area contributed by atoms with Crippen LogP contribution in [0.5, 0.6) is 0 Å². The average molecular weight is 286 g/mol. The number of amides is 1. The molecule has 2 aliphatic rings. The predicted molar refractivity (Wildman–Crippen MR) is 74.9 cm³/mol. The number of nitrogens with one attached hydrogen (secondary N) is 1. The first-order chi connectivity index (χ1) is 9.04. The van der Waals surface area contributed by atoms with Crippen LogP contribution in [0, 0.1) is 17.8 Å². The molecule has 0 spiro atoms. The van der Waals surface area contributed by atoms with Crippen LogP contribution in [0.15, 0.2) is 0 Å².